The van der Waals surface area contributed by atoms with Gasteiger partial charge in [-0.25, -0.2) is 8.42 Å². The van der Waals surface area contributed by atoms with E-state index in [4.69, 9.17) is 0 Å². The maximum absolute atomic E-state index is 13.4. The van der Waals surface area contributed by atoms with Gasteiger partial charge < -0.3 is 5.32 Å². The van der Waals surface area contributed by atoms with Crippen molar-refractivity contribution in [3.63, 3.8) is 0 Å². The van der Waals surface area contributed by atoms with E-state index in [1.807, 2.05) is 50.4 Å². The molecule has 0 spiro atoms. The molecule has 4 nitrogen and oxygen atoms in total. The highest BCUT2D eigenvalue weighted by atomic mass is 32.2. The largest absolute Gasteiger partial charge is 0.350 e. The van der Waals surface area contributed by atoms with Gasteiger partial charge >= 0.3 is 0 Å². The van der Waals surface area contributed by atoms with Crippen molar-refractivity contribution < 1.29 is 13.2 Å². The molecule has 1 aromatic heterocycles. The maximum atomic E-state index is 13.4. The second-order valence-corrected chi connectivity index (χ2v) is 9.98. The van der Waals surface area contributed by atoms with Crippen molar-refractivity contribution in [3.8, 4) is 0 Å². The zero-order valence-corrected chi connectivity index (χ0v) is 17.7. The van der Waals surface area contributed by atoms with Crippen LogP contribution in [0.5, 0.6) is 0 Å². The highest BCUT2D eigenvalue weighted by Gasteiger charge is 2.30. The summed E-state index contributed by atoms with van der Waals surface area (Å²) in [5.74, 6) is -0.277. The summed E-state index contributed by atoms with van der Waals surface area (Å²) in [7, 11) is -3.65. The Balaban J connectivity index is 1.89. The van der Waals surface area contributed by atoms with Gasteiger partial charge in [0.15, 0.2) is 9.84 Å². The van der Waals surface area contributed by atoms with E-state index in [2.05, 4.69) is 5.32 Å². The Bertz CT molecular complexity index is 1090. The fourth-order valence-electron chi connectivity index (χ4n) is 2.97. The van der Waals surface area contributed by atoms with E-state index >= 15 is 0 Å². The Hall–Kier alpha value is -2.44. The fourth-order valence-corrected chi connectivity index (χ4v) is 5.83. The third-order valence-corrected chi connectivity index (χ3v) is 7.99. The molecule has 6 heteroatoms. The quantitative estimate of drug-likeness (QED) is 0.641. The summed E-state index contributed by atoms with van der Waals surface area (Å²) < 4.78 is 26.7. The monoisotopic (exact) mass is 413 g/mol. The fraction of sp³-hybridized carbons (Fsp3) is 0.227. The van der Waals surface area contributed by atoms with Crippen LogP contribution >= 0.6 is 11.3 Å². The summed E-state index contributed by atoms with van der Waals surface area (Å²) in [6.45, 7) is 5.77. The van der Waals surface area contributed by atoms with Gasteiger partial charge in [0, 0.05) is 17.0 Å². The summed E-state index contributed by atoms with van der Waals surface area (Å²) >= 11 is 1.38. The number of benzene rings is 2. The van der Waals surface area contributed by atoms with Crippen LogP contribution in [0.25, 0.3) is 0 Å². The molecule has 0 radical (unpaired) electrons. The van der Waals surface area contributed by atoms with Gasteiger partial charge in [-0.15, -0.1) is 11.3 Å². The number of thiophene rings is 1. The number of rotatable bonds is 6. The van der Waals surface area contributed by atoms with E-state index in [0.717, 1.165) is 16.7 Å². The number of hydrogen-bond acceptors (Lipinski definition) is 4. The van der Waals surface area contributed by atoms with Gasteiger partial charge in [0.1, 0.15) is 5.25 Å². The number of sulfone groups is 1. The van der Waals surface area contributed by atoms with E-state index in [-0.39, 0.29) is 17.3 Å². The highest BCUT2D eigenvalue weighted by molar-refractivity contribution is 7.91. The van der Waals surface area contributed by atoms with Crippen molar-refractivity contribution in [2.75, 3.05) is 6.54 Å². The summed E-state index contributed by atoms with van der Waals surface area (Å²) in [6.07, 6.45) is 0. The standard InChI is InChI=1S/C22H23NO3S2/c1-15-6-4-7-18(12-15)22(24)23-14-21(20-8-5-11-27-20)28(25,26)19-10-9-16(2)17(3)13-19/h4-13,21H,14H2,1-3H3,(H,23,24)/t21-/m1/s1. The number of amides is 1. The van der Waals surface area contributed by atoms with Crippen molar-refractivity contribution in [2.24, 2.45) is 0 Å². The van der Waals surface area contributed by atoms with Crippen LogP contribution in [-0.4, -0.2) is 20.9 Å². The summed E-state index contributed by atoms with van der Waals surface area (Å²) in [4.78, 5) is 13.5. The van der Waals surface area contributed by atoms with Gasteiger partial charge in [0.25, 0.3) is 5.91 Å². The molecule has 146 valence electrons. The molecule has 0 unspecified atom stereocenters. The zero-order chi connectivity index (χ0) is 20.3. The maximum Gasteiger partial charge on any atom is 0.251 e. The van der Waals surface area contributed by atoms with Gasteiger partial charge in [0.05, 0.1) is 4.90 Å². The predicted molar refractivity (Wildman–Crippen MR) is 114 cm³/mol. The number of carbonyl (C=O) groups excluding carboxylic acids is 1. The molecule has 0 aliphatic heterocycles. The lowest BCUT2D eigenvalue weighted by atomic mass is 10.1. The highest BCUT2D eigenvalue weighted by Crippen LogP contribution is 2.32. The summed E-state index contributed by atoms with van der Waals surface area (Å²) in [5, 5.41) is 3.82. The summed E-state index contributed by atoms with van der Waals surface area (Å²) in [6, 6.07) is 16.0. The minimum atomic E-state index is -3.65. The Morgan fingerprint density at radius 3 is 2.43 bits per heavy atom. The molecular formula is C22H23NO3S2. The van der Waals surface area contributed by atoms with Crippen LogP contribution in [0.2, 0.25) is 0 Å². The van der Waals surface area contributed by atoms with E-state index in [9.17, 15) is 13.2 Å². The number of carbonyl (C=O) groups is 1. The van der Waals surface area contributed by atoms with Crippen molar-refractivity contribution in [1.29, 1.82) is 0 Å². The molecule has 0 saturated heterocycles. The SMILES string of the molecule is Cc1cccc(C(=O)NC[C@H](c2cccs2)S(=O)(=O)c2ccc(C)c(C)c2)c1. The second-order valence-electron chi connectivity index (χ2n) is 6.87. The molecule has 1 amide bonds. The normalized spacial score (nSPS) is 12.5. The lowest BCUT2D eigenvalue weighted by Gasteiger charge is -2.18. The van der Waals surface area contributed by atoms with Gasteiger partial charge in [-0.1, -0.05) is 29.8 Å². The smallest absolute Gasteiger partial charge is 0.251 e. The molecule has 3 aromatic rings. The Morgan fingerprint density at radius 2 is 1.79 bits per heavy atom. The molecule has 0 aliphatic carbocycles. The molecular weight excluding hydrogens is 390 g/mol. The molecule has 1 atom stereocenters. The lowest BCUT2D eigenvalue weighted by molar-refractivity contribution is 0.0953. The zero-order valence-electron chi connectivity index (χ0n) is 16.1. The van der Waals surface area contributed by atoms with E-state index in [1.54, 1.807) is 30.3 Å². The van der Waals surface area contributed by atoms with Crippen molar-refractivity contribution >= 4 is 27.1 Å². The average molecular weight is 414 g/mol. The molecule has 3 rings (SSSR count). The van der Waals surface area contributed by atoms with Crippen LogP contribution < -0.4 is 5.32 Å². The second kappa shape index (κ2) is 8.29. The first kappa shape index (κ1) is 20.3. The van der Waals surface area contributed by atoms with E-state index < -0.39 is 15.1 Å². The minimum absolute atomic E-state index is 0.0164. The lowest BCUT2D eigenvalue weighted by Crippen LogP contribution is -2.31. The topological polar surface area (TPSA) is 63.2 Å². The van der Waals surface area contributed by atoms with Crippen LogP contribution in [0.3, 0.4) is 0 Å². The molecule has 0 aliphatic rings. The minimum Gasteiger partial charge on any atom is -0.350 e. The van der Waals surface area contributed by atoms with Gasteiger partial charge in [-0.3, -0.25) is 4.79 Å². The Morgan fingerprint density at radius 1 is 1.00 bits per heavy atom. The van der Waals surface area contributed by atoms with Crippen LogP contribution in [-0.2, 0) is 9.84 Å². The molecule has 1 heterocycles. The first-order chi connectivity index (χ1) is 13.3. The molecule has 0 bridgehead atoms. The van der Waals surface area contributed by atoms with Gasteiger partial charge in [-0.2, -0.15) is 0 Å². The van der Waals surface area contributed by atoms with Crippen molar-refractivity contribution in [1.82, 2.24) is 5.32 Å². The third kappa shape index (κ3) is 4.34. The molecule has 1 N–H and O–H groups in total. The molecule has 0 saturated carbocycles. The molecule has 28 heavy (non-hydrogen) atoms. The molecule has 2 aromatic carbocycles. The number of hydrogen-bond donors (Lipinski definition) is 1. The van der Waals surface area contributed by atoms with Crippen LogP contribution in [0, 0.1) is 20.8 Å². The van der Waals surface area contributed by atoms with Crippen LogP contribution in [0.4, 0.5) is 0 Å². The predicted octanol–water partition coefficient (Wildman–Crippen LogP) is 4.62. The number of aryl methyl sites for hydroxylation is 3. The van der Waals surface area contributed by atoms with Crippen LogP contribution in [0.1, 0.15) is 37.2 Å². The summed E-state index contributed by atoms with van der Waals surface area (Å²) in [5.41, 5.74) is 3.47. The van der Waals surface area contributed by atoms with Crippen LogP contribution in [0.15, 0.2) is 64.9 Å². The Labute approximate surface area is 170 Å². The number of nitrogens with one attached hydrogen (secondary N) is 1. The Kier molecular flexibility index (Phi) is 6.01. The van der Waals surface area contributed by atoms with Crippen molar-refractivity contribution in [2.45, 2.75) is 30.9 Å². The third-order valence-electron chi connectivity index (χ3n) is 4.77. The van der Waals surface area contributed by atoms with Crippen molar-refractivity contribution in [3.05, 3.63) is 87.1 Å². The van der Waals surface area contributed by atoms with Gasteiger partial charge in [0.2, 0.25) is 0 Å². The first-order valence-electron chi connectivity index (χ1n) is 8.98. The molecule has 0 fully saturated rings. The van der Waals surface area contributed by atoms with Gasteiger partial charge in [-0.05, 0) is 67.6 Å². The average Bonchev–Trinajstić information content (AvgIpc) is 3.18. The van der Waals surface area contributed by atoms with E-state index in [1.165, 1.54) is 11.3 Å². The van der Waals surface area contributed by atoms with E-state index in [0.29, 0.717) is 10.4 Å². The first-order valence-corrected chi connectivity index (χ1v) is 11.4.